The van der Waals surface area contributed by atoms with Crippen LogP contribution in [0.25, 0.3) is 5.57 Å². The van der Waals surface area contributed by atoms with Gasteiger partial charge in [-0.15, -0.1) is 0 Å². The number of hydrogen-bond donors (Lipinski definition) is 0. The third-order valence-corrected chi connectivity index (χ3v) is 2.75. The Hall–Kier alpha value is -2.15. The summed E-state index contributed by atoms with van der Waals surface area (Å²) in [6.07, 6.45) is 2.94. The number of rotatable bonds is 3. The van der Waals surface area contributed by atoms with Crippen molar-refractivity contribution in [2.75, 3.05) is 0 Å². The molecule has 0 atom stereocenters. The van der Waals surface area contributed by atoms with Gasteiger partial charge in [0.05, 0.1) is 0 Å². The molecule has 0 aromatic heterocycles. The maximum atomic E-state index is 11.1. The van der Waals surface area contributed by atoms with Crippen LogP contribution < -0.4 is 0 Å². The van der Waals surface area contributed by atoms with Gasteiger partial charge in [-0.3, -0.25) is 4.79 Å². The van der Waals surface area contributed by atoms with E-state index in [0.717, 1.165) is 28.5 Å². The molecule has 0 saturated carbocycles. The normalized spacial score (nSPS) is 11.2. The molecule has 0 saturated heterocycles. The molecule has 0 fully saturated rings. The third-order valence-electron chi connectivity index (χ3n) is 2.75. The fourth-order valence-electron chi connectivity index (χ4n) is 1.94. The largest absolute Gasteiger partial charge is 0.298 e. The van der Waals surface area contributed by atoms with Crippen molar-refractivity contribution in [2.45, 2.75) is 6.92 Å². The topological polar surface area (TPSA) is 17.1 Å². The quantitative estimate of drug-likeness (QED) is 0.718. The summed E-state index contributed by atoms with van der Waals surface area (Å²) >= 11 is 0. The molecule has 84 valence electrons. The van der Waals surface area contributed by atoms with Crippen LogP contribution in [-0.2, 0) is 0 Å². The molecule has 2 rings (SSSR count). The molecule has 17 heavy (non-hydrogen) atoms. The molecule has 0 aliphatic heterocycles. The van der Waals surface area contributed by atoms with E-state index in [1.54, 1.807) is 0 Å². The molecule has 1 heteroatoms. The molecule has 0 radical (unpaired) electrons. The van der Waals surface area contributed by atoms with E-state index in [1.807, 2.05) is 55.5 Å². The number of hydrogen-bond acceptors (Lipinski definition) is 1. The first-order valence-electron chi connectivity index (χ1n) is 5.63. The maximum Gasteiger partial charge on any atom is 0.150 e. The Balaban J connectivity index is 2.55. The molecule has 0 unspecified atom stereocenters. The van der Waals surface area contributed by atoms with Crippen molar-refractivity contribution in [2.24, 2.45) is 0 Å². The van der Waals surface area contributed by atoms with Crippen molar-refractivity contribution in [3.8, 4) is 0 Å². The van der Waals surface area contributed by atoms with Crippen LogP contribution in [0.5, 0.6) is 0 Å². The summed E-state index contributed by atoms with van der Waals surface area (Å²) in [4.78, 5) is 11.1. The van der Waals surface area contributed by atoms with Crippen LogP contribution in [0.3, 0.4) is 0 Å². The first kappa shape index (κ1) is 11.3. The lowest BCUT2D eigenvalue weighted by atomic mass is 9.94. The average molecular weight is 222 g/mol. The molecule has 0 N–H and O–H groups in total. The molecule has 0 amide bonds. The molecule has 0 aliphatic rings. The Bertz CT molecular complexity index is 538. The van der Waals surface area contributed by atoms with Crippen LogP contribution in [-0.4, -0.2) is 6.29 Å². The molecule has 1 nitrogen and oxygen atoms in total. The summed E-state index contributed by atoms with van der Waals surface area (Å²) in [7, 11) is 0. The fourth-order valence-corrected chi connectivity index (χ4v) is 1.94. The van der Waals surface area contributed by atoms with Gasteiger partial charge in [0.15, 0.2) is 6.29 Å². The van der Waals surface area contributed by atoms with E-state index in [-0.39, 0.29) is 0 Å². The smallest absolute Gasteiger partial charge is 0.150 e. The highest BCUT2D eigenvalue weighted by Gasteiger charge is 2.07. The summed E-state index contributed by atoms with van der Waals surface area (Å²) in [6.45, 7) is 1.99. The van der Waals surface area contributed by atoms with Gasteiger partial charge < -0.3 is 0 Å². The fraction of sp³-hybridized carbons (Fsp3) is 0.0625. The zero-order chi connectivity index (χ0) is 12.1. The molecular weight excluding hydrogens is 208 g/mol. The van der Waals surface area contributed by atoms with Crippen LogP contribution in [0.15, 0.2) is 60.7 Å². The van der Waals surface area contributed by atoms with Gasteiger partial charge >= 0.3 is 0 Å². The second-order valence-corrected chi connectivity index (χ2v) is 3.77. The van der Waals surface area contributed by atoms with E-state index in [4.69, 9.17) is 0 Å². The highest BCUT2D eigenvalue weighted by molar-refractivity contribution is 5.90. The zero-order valence-corrected chi connectivity index (χ0v) is 9.76. The monoisotopic (exact) mass is 222 g/mol. The number of aldehydes is 1. The Morgan fingerprint density at radius 1 is 0.941 bits per heavy atom. The van der Waals surface area contributed by atoms with Gasteiger partial charge in [-0.25, -0.2) is 0 Å². The highest BCUT2D eigenvalue weighted by Crippen LogP contribution is 2.25. The van der Waals surface area contributed by atoms with Crippen LogP contribution in [0, 0.1) is 0 Å². The minimum Gasteiger partial charge on any atom is -0.298 e. The van der Waals surface area contributed by atoms with Gasteiger partial charge in [-0.2, -0.15) is 0 Å². The van der Waals surface area contributed by atoms with E-state index in [2.05, 4.69) is 12.1 Å². The lowest BCUT2D eigenvalue weighted by Crippen LogP contribution is -1.93. The standard InChI is InChI=1S/C16H14O/c1-2-15(13-8-4-3-5-9-13)16-11-7-6-10-14(16)12-17/h2-12H,1H3/b15-2+. The van der Waals surface area contributed by atoms with E-state index >= 15 is 0 Å². The molecular formula is C16H14O. The Morgan fingerprint density at radius 2 is 1.59 bits per heavy atom. The Morgan fingerprint density at radius 3 is 2.24 bits per heavy atom. The van der Waals surface area contributed by atoms with Crippen LogP contribution in [0.1, 0.15) is 28.4 Å². The van der Waals surface area contributed by atoms with Crippen molar-refractivity contribution in [1.29, 1.82) is 0 Å². The molecule has 2 aromatic carbocycles. The van der Waals surface area contributed by atoms with Gasteiger partial charge in [-0.1, -0.05) is 60.7 Å². The third kappa shape index (κ3) is 2.34. The lowest BCUT2D eigenvalue weighted by molar-refractivity contribution is 0.112. The van der Waals surface area contributed by atoms with Crippen molar-refractivity contribution in [3.63, 3.8) is 0 Å². The summed E-state index contributed by atoms with van der Waals surface area (Å²) < 4.78 is 0. The van der Waals surface area contributed by atoms with E-state index in [1.165, 1.54) is 0 Å². The van der Waals surface area contributed by atoms with Crippen molar-refractivity contribution in [1.82, 2.24) is 0 Å². The van der Waals surface area contributed by atoms with Gasteiger partial charge in [0.25, 0.3) is 0 Å². The zero-order valence-electron chi connectivity index (χ0n) is 9.76. The summed E-state index contributed by atoms with van der Waals surface area (Å²) in [5.74, 6) is 0. The van der Waals surface area contributed by atoms with Crippen LogP contribution in [0.2, 0.25) is 0 Å². The minimum absolute atomic E-state index is 0.726. The molecule has 0 spiro atoms. The number of carbonyl (C=O) groups is 1. The van der Waals surface area contributed by atoms with Gasteiger partial charge in [0, 0.05) is 5.56 Å². The maximum absolute atomic E-state index is 11.1. The average Bonchev–Trinajstić information content (AvgIpc) is 2.41. The highest BCUT2D eigenvalue weighted by atomic mass is 16.1. The summed E-state index contributed by atoms with van der Waals surface area (Å²) in [6, 6.07) is 17.8. The van der Waals surface area contributed by atoms with Crippen molar-refractivity contribution in [3.05, 3.63) is 77.4 Å². The number of carbonyl (C=O) groups excluding carboxylic acids is 1. The Labute approximate surface area is 101 Å². The van der Waals surface area contributed by atoms with Gasteiger partial charge in [-0.05, 0) is 23.6 Å². The number of benzene rings is 2. The predicted octanol–water partition coefficient (Wildman–Crippen LogP) is 3.95. The second-order valence-electron chi connectivity index (χ2n) is 3.77. The first-order valence-corrected chi connectivity index (χ1v) is 5.63. The first-order chi connectivity index (χ1) is 8.36. The predicted molar refractivity (Wildman–Crippen MR) is 71.0 cm³/mol. The molecule has 0 aliphatic carbocycles. The summed E-state index contributed by atoms with van der Waals surface area (Å²) in [5, 5.41) is 0. The Kier molecular flexibility index (Phi) is 3.51. The molecule has 2 aromatic rings. The van der Waals surface area contributed by atoms with Gasteiger partial charge in [0.2, 0.25) is 0 Å². The van der Waals surface area contributed by atoms with E-state index in [9.17, 15) is 4.79 Å². The van der Waals surface area contributed by atoms with Gasteiger partial charge in [0.1, 0.15) is 0 Å². The molecule has 0 heterocycles. The SMILES string of the molecule is C/C=C(\c1ccccc1)c1ccccc1C=O. The minimum atomic E-state index is 0.726. The van der Waals surface area contributed by atoms with E-state index < -0.39 is 0 Å². The van der Waals surface area contributed by atoms with E-state index in [0.29, 0.717) is 0 Å². The van der Waals surface area contributed by atoms with Crippen molar-refractivity contribution >= 4 is 11.9 Å². The van der Waals surface area contributed by atoms with Crippen LogP contribution in [0.4, 0.5) is 0 Å². The lowest BCUT2D eigenvalue weighted by Gasteiger charge is -2.09. The van der Waals surface area contributed by atoms with Crippen molar-refractivity contribution < 1.29 is 4.79 Å². The number of allylic oxidation sites excluding steroid dienone is 1. The molecule has 0 bridgehead atoms. The second kappa shape index (κ2) is 5.26. The van der Waals surface area contributed by atoms with Crippen LogP contribution >= 0.6 is 0 Å². The summed E-state index contributed by atoms with van der Waals surface area (Å²) in [5.41, 5.74) is 3.93.